The number of nitrogens with two attached hydrogens (primary N) is 1. The summed E-state index contributed by atoms with van der Waals surface area (Å²) in [6.45, 7) is 0.402. The summed E-state index contributed by atoms with van der Waals surface area (Å²) in [5.41, 5.74) is 6.23. The number of carbonyl (C=O) groups excluding carboxylic acids is 1. The third-order valence-corrected chi connectivity index (χ3v) is 4.72. The zero-order valence-corrected chi connectivity index (χ0v) is 13.6. The second kappa shape index (κ2) is 6.72. The number of pyridine rings is 1. The van der Waals surface area contributed by atoms with Crippen LogP contribution in [0.5, 0.6) is 5.75 Å². The fraction of sp³-hybridized carbons (Fsp3) is 0.412. The van der Waals surface area contributed by atoms with Crippen molar-refractivity contribution in [1.29, 1.82) is 0 Å². The summed E-state index contributed by atoms with van der Waals surface area (Å²) in [5, 5.41) is 4.45. The van der Waals surface area contributed by atoms with Gasteiger partial charge in [0.05, 0.1) is 10.6 Å². The molecule has 1 aromatic carbocycles. The molecule has 1 heterocycles. The topological polar surface area (TPSA) is 77.2 Å². The van der Waals surface area contributed by atoms with E-state index in [2.05, 4.69) is 10.3 Å². The van der Waals surface area contributed by atoms with Crippen LogP contribution >= 0.6 is 11.6 Å². The molecule has 3 rings (SSSR count). The number of fused-ring (bicyclic) bond motifs is 1. The third kappa shape index (κ3) is 3.41. The molecule has 0 spiro atoms. The average Bonchev–Trinajstić information content (AvgIpc) is 3.03. The van der Waals surface area contributed by atoms with Gasteiger partial charge in [0.2, 0.25) is 0 Å². The van der Waals surface area contributed by atoms with Gasteiger partial charge in [0.25, 0.3) is 5.91 Å². The summed E-state index contributed by atoms with van der Waals surface area (Å²) in [7, 11) is 0. The Balaban J connectivity index is 1.69. The molecule has 0 radical (unpaired) electrons. The number of ether oxygens (including phenoxy) is 1. The maximum Gasteiger partial charge on any atom is 0.258 e. The maximum atomic E-state index is 12.2. The Hall–Kier alpha value is -1.85. The van der Waals surface area contributed by atoms with Crippen LogP contribution in [0, 0.1) is 0 Å². The molecule has 3 N–H and O–H groups in total. The van der Waals surface area contributed by atoms with Gasteiger partial charge in [-0.1, -0.05) is 24.4 Å². The van der Waals surface area contributed by atoms with Crippen molar-refractivity contribution in [1.82, 2.24) is 10.3 Å². The van der Waals surface area contributed by atoms with Crippen LogP contribution in [0.1, 0.15) is 25.7 Å². The molecule has 1 saturated carbocycles. The molecule has 1 fully saturated rings. The van der Waals surface area contributed by atoms with Gasteiger partial charge in [-0.25, -0.2) is 0 Å². The van der Waals surface area contributed by atoms with Crippen molar-refractivity contribution >= 4 is 28.4 Å². The van der Waals surface area contributed by atoms with E-state index >= 15 is 0 Å². The molecule has 1 amide bonds. The minimum Gasteiger partial charge on any atom is -0.481 e. The van der Waals surface area contributed by atoms with Gasteiger partial charge >= 0.3 is 0 Å². The first-order valence-electron chi connectivity index (χ1n) is 7.81. The van der Waals surface area contributed by atoms with Crippen molar-refractivity contribution in [3.8, 4) is 5.75 Å². The Labute approximate surface area is 140 Å². The molecule has 0 saturated heterocycles. The largest absolute Gasteiger partial charge is 0.481 e. The smallest absolute Gasteiger partial charge is 0.258 e. The van der Waals surface area contributed by atoms with E-state index in [4.69, 9.17) is 22.1 Å². The second-order valence-electron chi connectivity index (χ2n) is 5.97. The van der Waals surface area contributed by atoms with Crippen LogP contribution in [0.3, 0.4) is 0 Å². The molecule has 2 aromatic rings. The van der Waals surface area contributed by atoms with Gasteiger partial charge in [-0.05, 0) is 37.1 Å². The summed E-state index contributed by atoms with van der Waals surface area (Å²) < 4.78 is 5.66. The van der Waals surface area contributed by atoms with E-state index in [1.807, 2.05) is 12.1 Å². The van der Waals surface area contributed by atoms with Crippen LogP contribution in [0.2, 0.25) is 5.02 Å². The van der Waals surface area contributed by atoms with Crippen molar-refractivity contribution in [2.75, 3.05) is 13.2 Å². The molecular formula is C17H20ClN3O2. The summed E-state index contributed by atoms with van der Waals surface area (Å²) >= 11 is 6.15. The van der Waals surface area contributed by atoms with E-state index in [1.54, 1.807) is 18.3 Å². The van der Waals surface area contributed by atoms with Gasteiger partial charge in [-0.15, -0.1) is 0 Å². The fourth-order valence-electron chi connectivity index (χ4n) is 3.14. The van der Waals surface area contributed by atoms with Crippen LogP contribution in [0.4, 0.5) is 0 Å². The number of halogens is 1. The molecule has 122 valence electrons. The highest BCUT2D eigenvalue weighted by Gasteiger charge is 2.33. The van der Waals surface area contributed by atoms with Gasteiger partial charge in [0, 0.05) is 18.1 Å². The van der Waals surface area contributed by atoms with Crippen molar-refractivity contribution in [2.45, 2.75) is 31.2 Å². The first kappa shape index (κ1) is 16.0. The lowest BCUT2D eigenvalue weighted by molar-refractivity contribution is -0.124. The van der Waals surface area contributed by atoms with Crippen LogP contribution in [0.25, 0.3) is 10.9 Å². The Bertz CT molecular complexity index is 714. The van der Waals surface area contributed by atoms with Crippen LogP contribution in [0.15, 0.2) is 30.5 Å². The Morgan fingerprint density at radius 1 is 1.35 bits per heavy atom. The standard InChI is InChI=1S/C17H20ClN3O2/c18-13-5-6-14(16-12(13)4-3-9-20-16)23-10-15(22)21-17(11-19)7-1-2-8-17/h3-6,9H,1-2,7-8,10-11,19H2,(H,21,22). The van der Waals surface area contributed by atoms with Crippen molar-refractivity contribution in [3.05, 3.63) is 35.5 Å². The Kier molecular flexibility index (Phi) is 4.68. The lowest BCUT2D eigenvalue weighted by Gasteiger charge is -2.28. The summed E-state index contributed by atoms with van der Waals surface area (Å²) in [4.78, 5) is 16.5. The number of carbonyl (C=O) groups is 1. The zero-order chi connectivity index (χ0) is 16.3. The van der Waals surface area contributed by atoms with Gasteiger partial charge in [-0.3, -0.25) is 9.78 Å². The Morgan fingerprint density at radius 3 is 2.87 bits per heavy atom. The quantitative estimate of drug-likeness (QED) is 0.881. The number of benzene rings is 1. The van der Waals surface area contributed by atoms with E-state index < -0.39 is 0 Å². The normalized spacial score (nSPS) is 16.4. The predicted octanol–water partition coefficient (Wildman–Crippen LogP) is 2.65. The lowest BCUT2D eigenvalue weighted by Crippen LogP contribution is -2.52. The van der Waals surface area contributed by atoms with E-state index in [0.717, 1.165) is 31.1 Å². The van der Waals surface area contributed by atoms with E-state index in [9.17, 15) is 4.79 Å². The van der Waals surface area contributed by atoms with Crippen molar-refractivity contribution in [2.24, 2.45) is 5.73 Å². The zero-order valence-electron chi connectivity index (χ0n) is 12.8. The molecule has 0 unspecified atom stereocenters. The maximum absolute atomic E-state index is 12.2. The lowest BCUT2D eigenvalue weighted by atomic mass is 9.98. The SMILES string of the molecule is NCC1(NC(=O)COc2ccc(Cl)c3cccnc23)CCCC1. The molecule has 0 aliphatic heterocycles. The average molecular weight is 334 g/mol. The number of nitrogens with one attached hydrogen (secondary N) is 1. The van der Waals surface area contributed by atoms with Crippen LogP contribution in [-0.2, 0) is 4.79 Å². The van der Waals surface area contributed by atoms with E-state index in [0.29, 0.717) is 22.8 Å². The highest BCUT2D eigenvalue weighted by atomic mass is 35.5. The number of hydrogen-bond acceptors (Lipinski definition) is 4. The molecule has 6 heteroatoms. The van der Waals surface area contributed by atoms with Crippen molar-refractivity contribution in [3.63, 3.8) is 0 Å². The number of aromatic nitrogens is 1. The van der Waals surface area contributed by atoms with E-state index in [-0.39, 0.29) is 18.1 Å². The van der Waals surface area contributed by atoms with Gasteiger partial charge < -0.3 is 15.8 Å². The molecule has 1 aromatic heterocycles. The number of nitrogens with zero attached hydrogens (tertiary/aromatic N) is 1. The second-order valence-corrected chi connectivity index (χ2v) is 6.38. The Morgan fingerprint density at radius 2 is 2.13 bits per heavy atom. The summed E-state index contributed by atoms with van der Waals surface area (Å²) in [5.74, 6) is 0.393. The van der Waals surface area contributed by atoms with Gasteiger partial charge in [-0.2, -0.15) is 0 Å². The molecular weight excluding hydrogens is 314 g/mol. The summed E-state index contributed by atoms with van der Waals surface area (Å²) in [6.07, 6.45) is 5.74. The number of amides is 1. The monoisotopic (exact) mass is 333 g/mol. The van der Waals surface area contributed by atoms with Crippen LogP contribution < -0.4 is 15.8 Å². The van der Waals surface area contributed by atoms with Crippen LogP contribution in [-0.4, -0.2) is 29.6 Å². The van der Waals surface area contributed by atoms with Gasteiger partial charge in [0.15, 0.2) is 6.61 Å². The number of rotatable bonds is 5. The van der Waals surface area contributed by atoms with E-state index in [1.165, 1.54) is 0 Å². The third-order valence-electron chi connectivity index (χ3n) is 4.39. The molecule has 5 nitrogen and oxygen atoms in total. The molecule has 23 heavy (non-hydrogen) atoms. The molecule has 0 bridgehead atoms. The highest BCUT2D eigenvalue weighted by Crippen LogP contribution is 2.30. The summed E-state index contributed by atoms with van der Waals surface area (Å²) in [6, 6.07) is 7.17. The molecule has 1 aliphatic carbocycles. The fourth-order valence-corrected chi connectivity index (χ4v) is 3.35. The first-order chi connectivity index (χ1) is 11.1. The molecule has 1 aliphatic rings. The van der Waals surface area contributed by atoms with Crippen molar-refractivity contribution < 1.29 is 9.53 Å². The number of hydrogen-bond donors (Lipinski definition) is 2. The van der Waals surface area contributed by atoms with Gasteiger partial charge in [0.1, 0.15) is 11.3 Å². The molecule has 0 atom stereocenters. The predicted molar refractivity (Wildman–Crippen MR) is 90.6 cm³/mol. The minimum atomic E-state index is -0.263. The minimum absolute atomic E-state index is 0.0605. The first-order valence-corrected chi connectivity index (χ1v) is 8.18. The highest BCUT2D eigenvalue weighted by molar-refractivity contribution is 6.35.